The highest BCUT2D eigenvalue weighted by atomic mass is 16.2. The van der Waals surface area contributed by atoms with Gasteiger partial charge in [-0.05, 0) is 18.2 Å². The van der Waals surface area contributed by atoms with E-state index in [0.717, 1.165) is 11.3 Å². The van der Waals surface area contributed by atoms with Crippen LogP contribution in [0.4, 0.5) is 10.5 Å². The molecule has 5 nitrogen and oxygen atoms in total. The summed E-state index contributed by atoms with van der Waals surface area (Å²) in [5.41, 5.74) is 4.56. The van der Waals surface area contributed by atoms with E-state index < -0.39 is 6.03 Å². The van der Waals surface area contributed by atoms with Gasteiger partial charge in [0.2, 0.25) is 0 Å². The minimum atomic E-state index is -0.466. The van der Waals surface area contributed by atoms with Gasteiger partial charge in [-0.3, -0.25) is 5.43 Å². The van der Waals surface area contributed by atoms with Crippen molar-refractivity contribution in [1.82, 2.24) is 0 Å². The Labute approximate surface area is 109 Å². The summed E-state index contributed by atoms with van der Waals surface area (Å²) < 4.78 is 0. The van der Waals surface area contributed by atoms with Gasteiger partial charge in [0, 0.05) is 5.56 Å². The Kier molecular flexibility index (Phi) is 2.86. The second-order valence-corrected chi connectivity index (χ2v) is 3.96. The third-order valence-electron chi connectivity index (χ3n) is 2.64. The number of fused-ring (bicyclic) bond motifs is 1. The number of carbonyl (C=O) groups excluding carboxylic acids is 1. The Balaban J connectivity index is 1.87. The molecule has 0 bridgehead atoms. The number of hydrogen-bond acceptors (Lipinski definition) is 3. The van der Waals surface area contributed by atoms with E-state index in [9.17, 15) is 4.79 Å². The van der Waals surface area contributed by atoms with Crippen molar-refractivity contribution in [2.45, 2.75) is 0 Å². The van der Waals surface area contributed by atoms with Gasteiger partial charge in [0.05, 0.1) is 17.3 Å². The summed E-state index contributed by atoms with van der Waals surface area (Å²) in [7, 11) is 0. The van der Waals surface area contributed by atoms with Crippen LogP contribution in [0.3, 0.4) is 0 Å². The van der Waals surface area contributed by atoms with E-state index in [2.05, 4.69) is 20.5 Å². The molecule has 1 aliphatic rings. The minimum Gasteiger partial charge on any atom is -0.279 e. The van der Waals surface area contributed by atoms with Crippen molar-refractivity contribution in [3.8, 4) is 0 Å². The van der Waals surface area contributed by atoms with Gasteiger partial charge in [-0.2, -0.15) is 15.1 Å². The SMILES string of the molecule is O=C1N=c2cccc(C=NNc3ccccc3)c2=N1. The summed E-state index contributed by atoms with van der Waals surface area (Å²) in [4.78, 5) is 18.8. The van der Waals surface area contributed by atoms with Crippen molar-refractivity contribution in [3.05, 3.63) is 64.8 Å². The number of nitrogens with one attached hydrogen (secondary N) is 1. The molecule has 19 heavy (non-hydrogen) atoms. The predicted octanol–water partition coefficient (Wildman–Crippen LogP) is 1.51. The Morgan fingerprint density at radius 1 is 1.00 bits per heavy atom. The highest BCUT2D eigenvalue weighted by Crippen LogP contribution is 2.04. The largest absolute Gasteiger partial charge is 0.368 e. The standard InChI is InChI=1S/C14H10N4O/c19-14-16-12-8-4-5-10(13(12)17-14)9-15-18-11-6-2-1-3-7-11/h1-9,18H. The maximum Gasteiger partial charge on any atom is 0.368 e. The molecule has 0 atom stereocenters. The maximum atomic E-state index is 11.2. The summed E-state index contributed by atoms with van der Waals surface area (Å²) in [6.07, 6.45) is 1.63. The number of urea groups is 1. The van der Waals surface area contributed by atoms with E-state index in [1.54, 1.807) is 12.3 Å². The fraction of sp³-hybridized carbons (Fsp3) is 0. The number of benzene rings is 2. The average molecular weight is 250 g/mol. The molecule has 0 fully saturated rings. The third-order valence-corrected chi connectivity index (χ3v) is 2.64. The number of para-hydroxylation sites is 2. The molecule has 2 aromatic carbocycles. The van der Waals surface area contributed by atoms with Gasteiger partial charge in [0.25, 0.3) is 0 Å². The molecular weight excluding hydrogens is 240 g/mol. The second kappa shape index (κ2) is 4.81. The topological polar surface area (TPSA) is 66.2 Å². The summed E-state index contributed by atoms with van der Waals surface area (Å²) in [5.74, 6) is 0. The summed E-state index contributed by atoms with van der Waals surface area (Å²) in [6, 6.07) is 14.6. The lowest BCUT2D eigenvalue weighted by Crippen LogP contribution is -2.25. The summed E-state index contributed by atoms with van der Waals surface area (Å²) in [5, 5.41) is 5.29. The van der Waals surface area contributed by atoms with E-state index >= 15 is 0 Å². The molecule has 2 amide bonds. The van der Waals surface area contributed by atoms with Crippen LogP contribution in [0.25, 0.3) is 0 Å². The summed E-state index contributed by atoms with van der Waals surface area (Å²) >= 11 is 0. The van der Waals surface area contributed by atoms with Crippen LogP contribution in [0, 0.1) is 0 Å². The van der Waals surface area contributed by atoms with Crippen molar-refractivity contribution in [1.29, 1.82) is 0 Å². The third kappa shape index (κ3) is 2.40. The Bertz CT molecular complexity index is 766. The van der Waals surface area contributed by atoms with Gasteiger partial charge in [0.1, 0.15) is 5.36 Å². The Hall–Kier alpha value is -2.82. The van der Waals surface area contributed by atoms with Crippen molar-refractivity contribution in [2.24, 2.45) is 15.1 Å². The predicted molar refractivity (Wildman–Crippen MR) is 71.8 cm³/mol. The smallest absolute Gasteiger partial charge is 0.279 e. The number of hydrazone groups is 1. The highest BCUT2D eigenvalue weighted by molar-refractivity contribution is 5.83. The quantitative estimate of drug-likeness (QED) is 0.662. The van der Waals surface area contributed by atoms with Gasteiger partial charge >= 0.3 is 6.03 Å². The number of carbonyl (C=O) groups is 1. The lowest BCUT2D eigenvalue weighted by atomic mass is 10.2. The van der Waals surface area contributed by atoms with Gasteiger partial charge in [-0.25, -0.2) is 4.79 Å². The lowest BCUT2D eigenvalue weighted by molar-refractivity contribution is 0.256. The number of anilines is 1. The highest BCUT2D eigenvalue weighted by Gasteiger charge is 2.06. The van der Waals surface area contributed by atoms with Crippen LogP contribution in [0.5, 0.6) is 0 Å². The van der Waals surface area contributed by atoms with Crippen LogP contribution in [0.2, 0.25) is 0 Å². The first-order chi connectivity index (χ1) is 9.33. The molecule has 0 saturated carbocycles. The van der Waals surface area contributed by atoms with E-state index in [4.69, 9.17) is 0 Å². The monoisotopic (exact) mass is 250 g/mol. The van der Waals surface area contributed by atoms with Crippen LogP contribution in [-0.4, -0.2) is 12.2 Å². The number of amides is 2. The van der Waals surface area contributed by atoms with Crippen molar-refractivity contribution >= 4 is 17.9 Å². The van der Waals surface area contributed by atoms with Crippen LogP contribution >= 0.6 is 0 Å². The van der Waals surface area contributed by atoms with Gasteiger partial charge in [-0.1, -0.05) is 30.3 Å². The zero-order valence-electron chi connectivity index (χ0n) is 9.95. The molecule has 2 aromatic rings. The van der Waals surface area contributed by atoms with Crippen LogP contribution < -0.4 is 16.1 Å². The van der Waals surface area contributed by atoms with E-state index in [0.29, 0.717) is 10.7 Å². The number of nitrogens with zero attached hydrogens (tertiary/aromatic N) is 3. The molecule has 1 aliphatic heterocycles. The van der Waals surface area contributed by atoms with E-state index in [-0.39, 0.29) is 0 Å². The fourth-order valence-electron chi connectivity index (χ4n) is 1.78. The van der Waals surface area contributed by atoms with E-state index in [1.165, 1.54) is 0 Å². The van der Waals surface area contributed by atoms with Crippen LogP contribution in [-0.2, 0) is 0 Å². The number of hydrogen-bond donors (Lipinski definition) is 1. The molecule has 0 radical (unpaired) electrons. The summed E-state index contributed by atoms with van der Waals surface area (Å²) in [6.45, 7) is 0. The first-order valence-electron chi connectivity index (χ1n) is 5.77. The second-order valence-electron chi connectivity index (χ2n) is 3.96. The van der Waals surface area contributed by atoms with Gasteiger partial charge in [-0.15, -0.1) is 0 Å². The zero-order chi connectivity index (χ0) is 13.1. The minimum absolute atomic E-state index is 0.466. The van der Waals surface area contributed by atoms with Crippen molar-refractivity contribution < 1.29 is 4.79 Å². The van der Waals surface area contributed by atoms with Gasteiger partial charge < -0.3 is 0 Å². The van der Waals surface area contributed by atoms with Crippen molar-refractivity contribution in [2.75, 3.05) is 5.43 Å². The molecule has 3 rings (SSSR count). The molecule has 1 heterocycles. The molecule has 92 valence electrons. The maximum absolute atomic E-state index is 11.2. The van der Waals surface area contributed by atoms with E-state index in [1.807, 2.05) is 42.5 Å². The molecule has 0 aliphatic carbocycles. The molecule has 0 unspecified atom stereocenters. The van der Waals surface area contributed by atoms with Crippen LogP contribution in [0.15, 0.2) is 63.6 Å². The molecule has 0 saturated heterocycles. The molecule has 1 N–H and O–H groups in total. The molecule has 0 spiro atoms. The molecule has 0 aromatic heterocycles. The van der Waals surface area contributed by atoms with Gasteiger partial charge in [0.15, 0.2) is 0 Å². The number of rotatable bonds is 3. The first-order valence-corrected chi connectivity index (χ1v) is 5.77. The average Bonchev–Trinajstić information content (AvgIpc) is 2.81. The Morgan fingerprint density at radius 3 is 2.68 bits per heavy atom. The lowest BCUT2D eigenvalue weighted by Gasteiger charge is -1.98. The fourth-order valence-corrected chi connectivity index (χ4v) is 1.78. The van der Waals surface area contributed by atoms with Crippen molar-refractivity contribution in [3.63, 3.8) is 0 Å². The molecule has 5 heteroatoms. The Morgan fingerprint density at radius 2 is 1.84 bits per heavy atom. The zero-order valence-corrected chi connectivity index (χ0v) is 9.95. The normalized spacial score (nSPS) is 12.9. The molecular formula is C14H10N4O. The van der Waals surface area contributed by atoms with Crippen LogP contribution in [0.1, 0.15) is 5.56 Å². The first kappa shape index (κ1) is 11.3.